The van der Waals surface area contributed by atoms with E-state index in [2.05, 4.69) is 20.4 Å². The monoisotopic (exact) mass is 356 g/mol. The molecule has 0 atom stereocenters. The van der Waals surface area contributed by atoms with Gasteiger partial charge >= 0.3 is 6.18 Å². The third-order valence-electron chi connectivity index (χ3n) is 5.25. The maximum absolute atomic E-state index is 13.3. The topological polar surface area (TPSA) is 23.8 Å². The first kappa shape index (κ1) is 16.1. The van der Waals surface area contributed by atoms with Crippen molar-refractivity contribution >= 4 is 23.3 Å². The second-order valence-electron chi connectivity index (χ2n) is 6.57. The van der Waals surface area contributed by atoms with Crippen LogP contribution in [0.3, 0.4) is 0 Å². The Kier molecular flexibility index (Phi) is 3.72. The van der Waals surface area contributed by atoms with Crippen molar-refractivity contribution in [2.24, 2.45) is 0 Å². The molecule has 24 heavy (non-hydrogen) atoms. The highest BCUT2D eigenvalue weighted by Gasteiger charge is 2.46. The number of rotatable bonds is 2. The molecule has 1 spiro atoms. The van der Waals surface area contributed by atoms with E-state index in [0.717, 1.165) is 38.5 Å². The molecule has 1 saturated heterocycles. The molecular formula is C16H19F3N4S. The summed E-state index contributed by atoms with van der Waals surface area (Å²) in [5, 5.41) is 0. The van der Waals surface area contributed by atoms with Crippen LogP contribution in [0.1, 0.15) is 24.8 Å². The summed E-state index contributed by atoms with van der Waals surface area (Å²) in [7, 11) is 0. The first-order chi connectivity index (χ1) is 11.4. The zero-order chi connectivity index (χ0) is 16.9. The van der Waals surface area contributed by atoms with Gasteiger partial charge in [0.2, 0.25) is 0 Å². The van der Waals surface area contributed by atoms with Crippen molar-refractivity contribution in [1.82, 2.24) is 13.7 Å². The standard InChI is InChI=1S/C16H19F3N4S/c1-24-23-6-5-21(10-15(23)3-2-4-15)14-8-12(16(17,18)19)7-13-9-20-11-22(13)14/h7-9,11H,2-6,10H2,1H3. The number of pyridine rings is 1. The van der Waals surface area contributed by atoms with Crippen molar-refractivity contribution in [3.05, 3.63) is 30.2 Å². The Balaban J connectivity index is 1.75. The molecule has 1 saturated carbocycles. The molecule has 0 amide bonds. The lowest BCUT2D eigenvalue weighted by molar-refractivity contribution is -0.137. The fourth-order valence-corrected chi connectivity index (χ4v) is 4.75. The predicted molar refractivity (Wildman–Crippen MR) is 89.2 cm³/mol. The maximum atomic E-state index is 13.3. The zero-order valence-corrected chi connectivity index (χ0v) is 14.2. The van der Waals surface area contributed by atoms with Crippen LogP contribution in [0.2, 0.25) is 0 Å². The Bertz CT molecular complexity index is 753. The van der Waals surface area contributed by atoms with Gasteiger partial charge < -0.3 is 4.90 Å². The van der Waals surface area contributed by atoms with E-state index in [1.54, 1.807) is 22.7 Å². The van der Waals surface area contributed by atoms with Gasteiger partial charge in [0, 0.05) is 25.2 Å². The lowest BCUT2D eigenvalue weighted by atomic mass is 9.75. The minimum atomic E-state index is -4.35. The van der Waals surface area contributed by atoms with Gasteiger partial charge in [0.1, 0.15) is 12.1 Å². The largest absolute Gasteiger partial charge is 0.416 e. The molecule has 0 bridgehead atoms. The summed E-state index contributed by atoms with van der Waals surface area (Å²) in [6.45, 7) is 2.34. The Morgan fingerprint density at radius 1 is 1.21 bits per heavy atom. The SMILES string of the molecule is CSN1CCN(c2cc(C(F)(F)F)cc3cncn23)CC12CCC2. The van der Waals surface area contributed by atoms with E-state index < -0.39 is 11.7 Å². The van der Waals surface area contributed by atoms with Crippen molar-refractivity contribution in [1.29, 1.82) is 0 Å². The van der Waals surface area contributed by atoms with Crippen molar-refractivity contribution in [2.45, 2.75) is 31.0 Å². The number of fused-ring (bicyclic) bond motifs is 1. The van der Waals surface area contributed by atoms with E-state index in [-0.39, 0.29) is 5.54 Å². The highest BCUT2D eigenvalue weighted by molar-refractivity contribution is 7.96. The molecule has 130 valence electrons. The molecule has 2 fully saturated rings. The number of hydrogen-bond acceptors (Lipinski definition) is 4. The number of imidazole rings is 1. The van der Waals surface area contributed by atoms with Crippen molar-refractivity contribution in [2.75, 3.05) is 30.8 Å². The highest BCUT2D eigenvalue weighted by Crippen LogP contribution is 2.44. The molecule has 2 aromatic heterocycles. The number of alkyl halides is 3. The summed E-state index contributed by atoms with van der Waals surface area (Å²) < 4.78 is 43.9. The Hall–Kier alpha value is -1.41. The first-order valence-corrected chi connectivity index (χ1v) is 9.21. The van der Waals surface area contributed by atoms with Crippen LogP contribution >= 0.6 is 11.9 Å². The molecule has 1 aliphatic carbocycles. The molecule has 1 aliphatic heterocycles. The number of piperazine rings is 1. The maximum Gasteiger partial charge on any atom is 0.416 e. The number of aromatic nitrogens is 2. The molecule has 2 aliphatic rings. The number of halogens is 3. The summed E-state index contributed by atoms with van der Waals surface area (Å²) in [6.07, 6.45) is 4.21. The molecule has 3 heterocycles. The third kappa shape index (κ3) is 2.47. The third-order valence-corrected chi connectivity index (χ3v) is 6.26. The zero-order valence-electron chi connectivity index (χ0n) is 13.4. The summed E-state index contributed by atoms with van der Waals surface area (Å²) >= 11 is 1.75. The van der Waals surface area contributed by atoms with E-state index in [1.807, 2.05) is 0 Å². The van der Waals surface area contributed by atoms with E-state index in [4.69, 9.17) is 0 Å². The van der Waals surface area contributed by atoms with E-state index in [0.29, 0.717) is 11.3 Å². The Labute approximate surface area is 142 Å². The van der Waals surface area contributed by atoms with Gasteiger partial charge in [-0.2, -0.15) is 13.2 Å². The molecular weight excluding hydrogens is 337 g/mol. The van der Waals surface area contributed by atoms with Crippen molar-refractivity contribution < 1.29 is 13.2 Å². The smallest absolute Gasteiger partial charge is 0.354 e. The van der Waals surface area contributed by atoms with Gasteiger partial charge in [0.15, 0.2) is 0 Å². The van der Waals surface area contributed by atoms with Gasteiger partial charge in [0.25, 0.3) is 0 Å². The quantitative estimate of drug-likeness (QED) is 0.766. The number of anilines is 1. The molecule has 0 N–H and O–H groups in total. The number of hydrogen-bond donors (Lipinski definition) is 0. The Morgan fingerprint density at radius 2 is 2.00 bits per heavy atom. The second-order valence-corrected chi connectivity index (χ2v) is 7.38. The van der Waals surface area contributed by atoms with Crippen LogP contribution in [-0.4, -0.2) is 45.1 Å². The van der Waals surface area contributed by atoms with E-state index in [9.17, 15) is 13.2 Å². The lowest BCUT2D eigenvalue weighted by Crippen LogP contribution is -2.63. The van der Waals surface area contributed by atoms with Crippen LogP contribution in [0, 0.1) is 0 Å². The van der Waals surface area contributed by atoms with Gasteiger partial charge in [-0.15, -0.1) is 0 Å². The van der Waals surface area contributed by atoms with Crippen LogP contribution in [0.15, 0.2) is 24.7 Å². The average Bonchev–Trinajstić information content (AvgIpc) is 2.99. The van der Waals surface area contributed by atoms with Gasteiger partial charge in [-0.05, 0) is 37.7 Å². The van der Waals surface area contributed by atoms with E-state index >= 15 is 0 Å². The highest BCUT2D eigenvalue weighted by atomic mass is 32.2. The van der Waals surface area contributed by atoms with Gasteiger partial charge in [-0.3, -0.25) is 4.40 Å². The minimum absolute atomic E-state index is 0.0960. The molecule has 4 rings (SSSR count). The molecule has 4 nitrogen and oxygen atoms in total. The molecule has 0 radical (unpaired) electrons. The van der Waals surface area contributed by atoms with Gasteiger partial charge in [-0.25, -0.2) is 9.29 Å². The summed E-state index contributed by atoms with van der Waals surface area (Å²) in [5.41, 5.74) is -0.0334. The molecule has 0 aromatic carbocycles. The van der Waals surface area contributed by atoms with Crippen LogP contribution < -0.4 is 4.90 Å². The average molecular weight is 356 g/mol. The normalized spacial score (nSPS) is 21.4. The first-order valence-electron chi connectivity index (χ1n) is 8.03. The molecule has 2 aromatic rings. The van der Waals surface area contributed by atoms with Crippen molar-refractivity contribution in [3.8, 4) is 0 Å². The summed E-state index contributed by atoms with van der Waals surface area (Å²) in [4.78, 5) is 6.13. The lowest BCUT2D eigenvalue weighted by Gasteiger charge is -2.55. The van der Waals surface area contributed by atoms with Gasteiger partial charge in [-0.1, -0.05) is 11.9 Å². The number of nitrogens with zero attached hydrogens (tertiary/aromatic N) is 4. The predicted octanol–water partition coefficient (Wildman–Crippen LogP) is 3.68. The summed E-state index contributed by atoms with van der Waals surface area (Å²) in [5.74, 6) is 0.587. The summed E-state index contributed by atoms with van der Waals surface area (Å²) in [6, 6.07) is 2.42. The van der Waals surface area contributed by atoms with Crippen LogP contribution in [-0.2, 0) is 6.18 Å². The second kappa shape index (κ2) is 5.56. The van der Waals surface area contributed by atoms with Gasteiger partial charge in [0.05, 0.1) is 17.3 Å². The van der Waals surface area contributed by atoms with Crippen LogP contribution in [0.4, 0.5) is 19.0 Å². The van der Waals surface area contributed by atoms with E-state index in [1.165, 1.54) is 18.7 Å². The van der Waals surface area contributed by atoms with Crippen molar-refractivity contribution in [3.63, 3.8) is 0 Å². The fourth-order valence-electron chi connectivity index (χ4n) is 3.86. The Morgan fingerprint density at radius 3 is 2.62 bits per heavy atom. The van der Waals surface area contributed by atoms with Crippen LogP contribution in [0.25, 0.3) is 5.52 Å². The minimum Gasteiger partial charge on any atom is -0.354 e. The molecule has 0 unspecified atom stereocenters. The van der Waals surface area contributed by atoms with Crippen LogP contribution in [0.5, 0.6) is 0 Å². The molecule has 8 heteroatoms. The fraction of sp³-hybridized carbons (Fsp3) is 0.562.